The molecule has 0 aliphatic heterocycles. The third-order valence-electron chi connectivity index (χ3n) is 13.0. The fourth-order valence-corrected chi connectivity index (χ4v) is 8.55. The lowest BCUT2D eigenvalue weighted by atomic mass is 10.0. The van der Waals surface area contributed by atoms with Crippen LogP contribution in [0.2, 0.25) is 0 Å². The van der Waals surface area contributed by atoms with Crippen LogP contribution in [0.4, 0.5) is 0 Å². The van der Waals surface area contributed by atoms with Crippen molar-refractivity contribution in [2.24, 2.45) is 0 Å². The number of carbonyl (C=O) groups is 3. The van der Waals surface area contributed by atoms with Crippen LogP contribution in [0, 0.1) is 0 Å². The second kappa shape index (κ2) is 57.7. The Hall–Kier alpha value is -2.89. The minimum atomic E-state index is -0.774. The Labute approximate surface area is 428 Å². The predicted octanol–water partition coefficient (Wildman–Crippen LogP) is 20.0. The van der Waals surface area contributed by atoms with Gasteiger partial charge in [-0.2, -0.15) is 0 Å². The van der Waals surface area contributed by atoms with Crippen LogP contribution in [0.15, 0.2) is 60.8 Å². The van der Waals surface area contributed by atoms with E-state index >= 15 is 0 Å². The second-order valence-corrected chi connectivity index (χ2v) is 19.9. The van der Waals surface area contributed by atoms with E-state index in [-0.39, 0.29) is 31.1 Å². The topological polar surface area (TPSA) is 78.9 Å². The summed E-state index contributed by atoms with van der Waals surface area (Å²) >= 11 is 0. The number of hydrogen-bond donors (Lipinski definition) is 0. The Morgan fingerprint density at radius 1 is 0.304 bits per heavy atom. The molecule has 0 aromatic heterocycles. The molecule has 0 rings (SSSR count). The van der Waals surface area contributed by atoms with Crippen LogP contribution in [-0.4, -0.2) is 37.2 Å². The molecule has 0 spiro atoms. The maximum absolute atomic E-state index is 12.8. The van der Waals surface area contributed by atoms with E-state index < -0.39 is 6.10 Å². The van der Waals surface area contributed by atoms with Gasteiger partial charge >= 0.3 is 17.9 Å². The molecule has 0 radical (unpaired) electrons. The first kappa shape index (κ1) is 66.1. The van der Waals surface area contributed by atoms with Gasteiger partial charge in [0.05, 0.1) is 0 Å². The lowest BCUT2D eigenvalue weighted by molar-refractivity contribution is -0.167. The molecule has 0 aromatic rings. The van der Waals surface area contributed by atoms with Gasteiger partial charge in [0.1, 0.15) is 13.2 Å². The third-order valence-corrected chi connectivity index (χ3v) is 13.0. The SMILES string of the molecule is CC/C=C\C/C=C\C/C=C\C/C=C\CCCCCCCCCCCCCCCCC(=O)OCC(COC(=O)CCCCCCCCCCCCCC)OC(=O)CCCCCCC/C=C\CCCCC. The third kappa shape index (κ3) is 55.9. The number of hydrogen-bond acceptors (Lipinski definition) is 6. The number of carbonyl (C=O) groups excluding carboxylic acids is 3. The first-order valence-electron chi connectivity index (χ1n) is 29.8. The molecule has 6 heteroatoms. The molecule has 1 unspecified atom stereocenters. The molecular weight excluding hydrogens is 853 g/mol. The van der Waals surface area contributed by atoms with Gasteiger partial charge in [-0.25, -0.2) is 0 Å². The van der Waals surface area contributed by atoms with Gasteiger partial charge in [0, 0.05) is 19.3 Å². The van der Waals surface area contributed by atoms with Gasteiger partial charge in [0.25, 0.3) is 0 Å². The molecule has 0 saturated heterocycles. The van der Waals surface area contributed by atoms with Crippen molar-refractivity contribution >= 4 is 17.9 Å². The summed E-state index contributed by atoms with van der Waals surface area (Å²) in [7, 11) is 0. The Balaban J connectivity index is 4.17. The van der Waals surface area contributed by atoms with Crippen molar-refractivity contribution in [1.82, 2.24) is 0 Å². The summed E-state index contributed by atoms with van der Waals surface area (Å²) in [5.41, 5.74) is 0. The number of rotatable bonds is 54. The van der Waals surface area contributed by atoms with E-state index in [0.29, 0.717) is 19.3 Å². The minimum absolute atomic E-state index is 0.0736. The van der Waals surface area contributed by atoms with Gasteiger partial charge in [-0.15, -0.1) is 0 Å². The maximum atomic E-state index is 12.8. The van der Waals surface area contributed by atoms with Gasteiger partial charge in [-0.1, -0.05) is 261 Å². The summed E-state index contributed by atoms with van der Waals surface area (Å²) in [5.74, 6) is -0.871. The molecular formula is C63H112O6. The van der Waals surface area contributed by atoms with Crippen LogP contribution in [0.25, 0.3) is 0 Å². The summed E-state index contributed by atoms with van der Waals surface area (Å²) in [6.45, 7) is 6.52. The Bertz CT molecular complexity index is 1250. The van der Waals surface area contributed by atoms with Crippen LogP contribution in [0.5, 0.6) is 0 Å². The summed E-state index contributed by atoms with van der Waals surface area (Å²) in [6, 6.07) is 0. The molecule has 1 atom stereocenters. The van der Waals surface area contributed by atoms with Crippen LogP contribution in [-0.2, 0) is 28.6 Å². The molecule has 0 aromatic carbocycles. The first-order chi connectivity index (χ1) is 34.0. The summed E-state index contributed by atoms with van der Waals surface area (Å²) in [6.07, 6.45) is 72.3. The average Bonchev–Trinajstić information content (AvgIpc) is 3.35. The van der Waals surface area contributed by atoms with Gasteiger partial charge < -0.3 is 14.2 Å². The minimum Gasteiger partial charge on any atom is -0.462 e. The van der Waals surface area contributed by atoms with Gasteiger partial charge in [-0.05, 0) is 83.5 Å². The zero-order valence-electron chi connectivity index (χ0n) is 45.8. The van der Waals surface area contributed by atoms with E-state index in [9.17, 15) is 14.4 Å². The van der Waals surface area contributed by atoms with Crippen molar-refractivity contribution in [1.29, 1.82) is 0 Å². The van der Waals surface area contributed by atoms with Crippen molar-refractivity contribution < 1.29 is 28.6 Å². The lowest BCUT2D eigenvalue weighted by Crippen LogP contribution is -2.30. The van der Waals surface area contributed by atoms with Crippen molar-refractivity contribution in [2.45, 2.75) is 309 Å². The van der Waals surface area contributed by atoms with Crippen molar-refractivity contribution in [3.8, 4) is 0 Å². The summed E-state index contributed by atoms with van der Waals surface area (Å²) in [4.78, 5) is 38.1. The van der Waals surface area contributed by atoms with E-state index in [1.807, 2.05) is 0 Å². The zero-order chi connectivity index (χ0) is 50.0. The van der Waals surface area contributed by atoms with Crippen molar-refractivity contribution in [2.75, 3.05) is 13.2 Å². The number of unbranched alkanes of at least 4 members (excludes halogenated alkanes) is 33. The molecule has 0 aliphatic carbocycles. The maximum Gasteiger partial charge on any atom is 0.306 e. The summed E-state index contributed by atoms with van der Waals surface area (Å²) < 4.78 is 16.8. The molecule has 69 heavy (non-hydrogen) atoms. The molecule has 0 saturated carbocycles. The van der Waals surface area contributed by atoms with Gasteiger partial charge in [0.2, 0.25) is 0 Å². The molecule has 0 amide bonds. The highest BCUT2D eigenvalue weighted by Gasteiger charge is 2.19. The largest absolute Gasteiger partial charge is 0.462 e. The van der Waals surface area contributed by atoms with Gasteiger partial charge in [-0.3, -0.25) is 14.4 Å². The van der Waals surface area contributed by atoms with E-state index in [1.54, 1.807) is 0 Å². The Morgan fingerprint density at radius 2 is 0.565 bits per heavy atom. The van der Waals surface area contributed by atoms with Crippen LogP contribution in [0.1, 0.15) is 303 Å². The highest BCUT2D eigenvalue weighted by molar-refractivity contribution is 5.71. The quantitative estimate of drug-likeness (QED) is 0.0262. The van der Waals surface area contributed by atoms with E-state index in [4.69, 9.17) is 14.2 Å². The van der Waals surface area contributed by atoms with Crippen LogP contribution in [0.3, 0.4) is 0 Å². The second-order valence-electron chi connectivity index (χ2n) is 19.9. The highest BCUT2D eigenvalue weighted by atomic mass is 16.6. The van der Waals surface area contributed by atoms with Crippen molar-refractivity contribution in [3.63, 3.8) is 0 Å². The molecule has 400 valence electrons. The van der Waals surface area contributed by atoms with Gasteiger partial charge in [0.15, 0.2) is 6.10 Å². The van der Waals surface area contributed by atoms with Crippen LogP contribution >= 0.6 is 0 Å². The first-order valence-corrected chi connectivity index (χ1v) is 29.8. The smallest absolute Gasteiger partial charge is 0.306 e. The highest BCUT2D eigenvalue weighted by Crippen LogP contribution is 2.16. The Kier molecular flexibility index (Phi) is 55.3. The number of ether oxygens (including phenoxy) is 3. The molecule has 0 N–H and O–H groups in total. The zero-order valence-corrected chi connectivity index (χ0v) is 45.8. The Morgan fingerprint density at radius 3 is 0.928 bits per heavy atom. The van der Waals surface area contributed by atoms with E-state index in [1.165, 1.54) is 167 Å². The van der Waals surface area contributed by atoms with E-state index in [0.717, 1.165) is 96.3 Å². The fraction of sp³-hybridized carbons (Fsp3) is 0.794. The summed E-state index contributed by atoms with van der Waals surface area (Å²) in [5, 5.41) is 0. The fourth-order valence-electron chi connectivity index (χ4n) is 8.55. The normalized spacial score (nSPS) is 12.4. The monoisotopic (exact) mass is 965 g/mol. The molecule has 0 bridgehead atoms. The van der Waals surface area contributed by atoms with Crippen LogP contribution < -0.4 is 0 Å². The average molecular weight is 966 g/mol. The molecule has 0 aliphatic rings. The number of esters is 3. The number of allylic oxidation sites excluding steroid dienone is 10. The lowest BCUT2D eigenvalue weighted by Gasteiger charge is -2.18. The molecule has 0 heterocycles. The molecule has 0 fully saturated rings. The predicted molar refractivity (Wildman–Crippen MR) is 298 cm³/mol. The van der Waals surface area contributed by atoms with E-state index in [2.05, 4.69) is 81.5 Å². The van der Waals surface area contributed by atoms with Crippen molar-refractivity contribution in [3.05, 3.63) is 60.8 Å². The molecule has 6 nitrogen and oxygen atoms in total. The standard InChI is InChI=1S/C63H112O6/c1-4-7-10-13-16-19-22-25-26-27-28-29-30-31-32-33-34-35-36-37-38-39-42-44-47-50-53-56-62(65)68-59-60(69-63(66)57-54-51-48-45-41-24-21-18-15-12-9-6-3)58-67-61(64)55-52-49-46-43-40-23-20-17-14-11-8-5-2/h7,10,16,18-19,21,25-26,28-29,60H,4-6,8-9,11-15,17,20,22-24,27,30-59H2,1-3H3/b10-7-,19-16-,21-18-,26-25-,29-28-.